The van der Waals surface area contributed by atoms with E-state index in [0.29, 0.717) is 37.2 Å². The number of likely N-dealkylation sites (tertiary alicyclic amines) is 1. The smallest absolute Gasteiger partial charge is 0.274 e. The molecule has 10 heteroatoms. The number of hydrogen-bond acceptors (Lipinski definition) is 6. The number of rotatable bonds is 6. The van der Waals surface area contributed by atoms with Crippen LogP contribution in [0.2, 0.25) is 0 Å². The summed E-state index contributed by atoms with van der Waals surface area (Å²) in [6.07, 6.45) is 11.3. The van der Waals surface area contributed by atoms with Gasteiger partial charge in [-0.1, -0.05) is 0 Å². The van der Waals surface area contributed by atoms with Crippen molar-refractivity contribution in [2.75, 3.05) is 13.7 Å². The summed E-state index contributed by atoms with van der Waals surface area (Å²) in [5.41, 5.74) is 0.610. The minimum atomic E-state index is -0.525. The normalized spacial score (nSPS) is 31.1. The Bertz CT molecular complexity index is 1260. The first-order valence-electron chi connectivity index (χ1n) is 15.4. The number of amides is 2. The molecule has 2 aromatic rings. The molecule has 4 atom stereocenters. The van der Waals surface area contributed by atoms with E-state index in [1.807, 2.05) is 4.90 Å². The fourth-order valence-electron chi connectivity index (χ4n) is 7.86. The third kappa shape index (κ3) is 5.85. The van der Waals surface area contributed by atoms with E-state index in [-0.39, 0.29) is 46.5 Å². The van der Waals surface area contributed by atoms with Crippen LogP contribution in [0.4, 0.5) is 4.39 Å². The third-order valence-corrected chi connectivity index (χ3v) is 10.1. The molecule has 9 nitrogen and oxygen atoms in total. The molecule has 4 fully saturated rings. The molecule has 2 saturated heterocycles. The van der Waals surface area contributed by atoms with Crippen molar-refractivity contribution in [2.45, 2.75) is 102 Å². The fourth-order valence-corrected chi connectivity index (χ4v) is 7.86. The van der Waals surface area contributed by atoms with Crippen molar-refractivity contribution in [1.29, 1.82) is 0 Å². The first-order valence-corrected chi connectivity index (χ1v) is 15.4. The van der Waals surface area contributed by atoms with Crippen LogP contribution in [0.25, 0.3) is 11.3 Å². The standard InChI is InChI=1S/C31H43FN6O3/c1-18-12-22(13-19(2)34-18)20-4-6-23(7-5-20)35-29(39)21-8-11-38(31(16-21)9-10-31)30(40)27-15-26(36-37-27)24-14-28(41-3)33-17-25(24)32/h14-15,17-23,34H,4-13,16H2,1-3H3,(H,35,39)(H,36,37)/t18-,19+,20-,21-,22?,23+/m0/s1. The number of aromatic nitrogens is 3. The van der Waals surface area contributed by atoms with Crippen molar-refractivity contribution in [3.05, 3.63) is 29.8 Å². The number of piperidine rings is 2. The van der Waals surface area contributed by atoms with E-state index in [1.165, 1.54) is 38.9 Å². The highest BCUT2D eigenvalue weighted by atomic mass is 19.1. The topological polar surface area (TPSA) is 112 Å². The Kier molecular flexibility index (Phi) is 7.78. The maximum absolute atomic E-state index is 14.4. The van der Waals surface area contributed by atoms with Crippen LogP contribution in [0.5, 0.6) is 5.88 Å². The van der Waals surface area contributed by atoms with Gasteiger partial charge in [0.25, 0.3) is 5.91 Å². The number of methoxy groups -OCH3 is 1. The molecule has 2 amide bonds. The Balaban J connectivity index is 1.03. The highest BCUT2D eigenvalue weighted by Gasteiger charge is 2.55. The van der Waals surface area contributed by atoms with Gasteiger partial charge in [0.05, 0.1) is 19.0 Å². The summed E-state index contributed by atoms with van der Waals surface area (Å²) >= 11 is 0. The molecule has 1 unspecified atom stereocenters. The van der Waals surface area contributed by atoms with Gasteiger partial charge in [0.15, 0.2) is 11.5 Å². The summed E-state index contributed by atoms with van der Waals surface area (Å²) in [6, 6.07) is 4.51. The number of carbonyl (C=O) groups is 2. The van der Waals surface area contributed by atoms with E-state index >= 15 is 0 Å². The molecule has 2 aliphatic carbocycles. The van der Waals surface area contributed by atoms with Gasteiger partial charge in [0, 0.05) is 47.8 Å². The zero-order valence-corrected chi connectivity index (χ0v) is 24.4. The summed E-state index contributed by atoms with van der Waals surface area (Å²) in [4.78, 5) is 32.6. The van der Waals surface area contributed by atoms with Crippen LogP contribution in [0.3, 0.4) is 0 Å². The number of carbonyl (C=O) groups excluding carboxylic acids is 2. The molecule has 2 saturated carbocycles. The van der Waals surface area contributed by atoms with Gasteiger partial charge < -0.3 is 20.3 Å². The van der Waals surface area contributed by atoms with Crippen LogP contribution in [-0.4, -0.2) is 69.2 Å². The number of nitrogens with one attached hydrogen (secondary N) is 3. The Morgan fingerprint density at radius 2 is 1.80 bits per heavy atom. The van der Waals surface area contributed by atoms with Gasteiger partial charge in [-0.2, -0.15) is 5.10 Å². The lowest BCUT2D eigenvalue weighted by Crippen LogP contribution is -2.52. The lowest BCUT2D eigenvalue weighted by molar-refractivity contribution is -0.128. The van der Waals surface area contributed by atoms with Crippen molar-refractivity contribution in [2.24, 2.45) is 17.8 Å². The molecule has 0 aromatic carbocycles. The quantitative estimate of drug-likeness (QED) is 0.476. The maximum Gasteiger partial charge on any atom is 0.274 e. The first-order chi connectivity index (χ1) is 19.7. The molecule has 2 aromatic heterocycles. The van der Waals surface area contributed by atoms with Crippen LogP contribution in [-0.2, 0) is 4.79 Å². The molecule has 4 aliphatic rings. The molecular weight excluding hydrogens is 523 g/mol. The molecule has 4 heterocycles. The van der Waals surface area contributed by atoms with Crippen molar-refractivity contribution in [1.82, 2.24) is 30.7 Å². The Morgan fingerprint density at radius 1 is 1.07 bits per heavy atom. The predicted octanol–water partition coefficient (Wildman–Crippen LogP) is 4.46. The van der Waals surface area contributed by atoms with Crippen LogP contribution in [0.1, 0.15) is 88.5 Å². The molecule has 0 bridgehead atoms. The number of aromatic amines is 1. The average Bonchev–Trinajstić information content (AvgIpc) is 3.54. The van der Waals surface area contributed by atoms with E-state index in [4.69, 9.17) is 4.74 Å². The third-order valence-electron chi connectivity index (χ3n) is 10.1. The number of pyridine rings is 1. The zero-order chi connectivity index (χ0) is 28.7. The highest BCUT2D eigenvalue weighted by Crippen LogP contribution is 2.50. The van der Waals surface area contributed by atoms with Crippen molar-refractivity contribution in [3.8, 4) is 17.1 Å². The number of ether oxygens (including phenoxy) is 1. The lowest BCUT2D eigenvalue weighted by atomic mass is 9.72. The van der Waals surface area contributed by atoms with Crippen LogP contribution in [0.15, 0.2) is 18.3 Å². The summed E-state index contributed by atoms with van der Waals surface area (Å²) < 4.78 is 19.5. The highest BCUT2D eigenvalue weighted by molar-refractivity contribution is 5.94. The van der Waals surface area contributed by atoms with Gasteiger partial charge in [-0.25, -0.2) is 9.37 Å². The van der Waals surface area contributed by atoms with E-state index in [0.717, 1.165) is 43.7 Å². The molecule has 41 heavy (non-hydrogen) atoms. The molecule has 0 radical (unpaired) electrons. The second kappa shape index (κ2) is 11.3. The molecule has 6 rings (SSSR count). The average molecular weight is 567 g/mol. The van der Waals surface area contributed by atoms with Crippen LogP contribution >= 0.6 is 0 Å². The van der Waals surface area contributed by atoms with E-state index < -0.39 is 5.82 Å². The van der Waals surface area contributed by atoms with E-state index in [9.17, 15) is 14.0 Å². The van der Waals surface area contributed by atoms with Gasteiger partial charge in [0.2, 0.25) is 11.8 Å². The second-order valence-corrected chi connectivity index (χ2v) is 13.1. The summed E-state index contributed by atoms with van der Waals surface area (Å²) in [6.45, 7) is 5.12. The van der Waals surface area contributed by atoms with Crippen LogP contribution in [0, 0.1) is 23.6 Å². The minimum Gasteiger partial charge on any atom is -0.481 e. The van der Waals surface area contributed by atoms with Crippen molar-refractivity contribution < 1.29 is 18.7 Å². The largest absolute Gasteiger partial charge is 0.481 e. The Hall–Kier alpha value is -3.01. The second-order valence-electron chi connectivity index (χ2n) is 13.1. The number of H-pyrrole nitrogens is 1. The number of halogens is 1. The number of nitrogens with zero attached hydrogens (tertiary/aromatic N) is 3. The SMILES string of the molecule is COc1cc(-c2cc(C(=O)N3CC[C@H](C(=O)N[C@H]4CC[C@@H](C5C[C@@H](C)N[C@@H](C)C5)CC4)CC34CC4)n[nH]2)c(F)cn1. The monoisotopic (exact) mass is 566 g/mol. The van der Waals surface area contributed by atoms with Gasteiger partial charge in [-0.3, -0.25) is 14.7 Å². The van der Waals surface area contributed by atoms with Gasteiger partial charge in [-0.05, 0) is 96.0 Å². The summed E-state index contributed by atoms with van der Waals surface area (Å²) in [5, 5.41) is 14.0. The Labute approximate surface area is 241 Å². The summed E-state index contributed by atoms with van der Waals surface area (Å²) in [7, 11) is 1.46. The zero-order valence-electron chi connectivity index (χ0n) is 24.4. The van der Waals surface area contributed by atoms with Gasteiger partial charge in [-0.15, -0.1) is 0 Å². The number of hydrogen-bond donors (Lipinski definition) is 3. The maximum atomic E-state index is 14.4. The molecule has 222 valence electrons. The van der Waals surface area contributed by atoms with Gasteiger partial charge in [0.1, 0.15) is 0 Å². The molecule has 3 N–H and O–H groups in total. The summed E-state index contributed by atoms with van der Waals surface area (Å²) in [5.74, 6) is 1.23. The minimum absolute atomic E-state index is 0.0708. The van der Waals surface area contributed by atoms with Gasteiger partial charge >= 0.3 is 0 Å². The molecule has 1 spiro atoms. The molecule has 2 aliphatic heterocycles. The lowest BCUT2D eigenvalue weighted by Gasteiger charge is -2.41. The first kappa shape index (κ1) is 28.1. The van der Waals surface area contributed by atoms with E-state index in [1.54, 1.807) is 6.07 Å². The van der Waals surface area contributed by atoms with Crippen molar-refractivity contribution in [3.63, 3.8) is 0 Å². The molecular formula is C31H43FN6O3. The Morgan fingerprint density at radius 3 is 2.49 bits per heavy atom. The fraction of sp³-hybridized carbons (Fsp3) is 0.677. The van der Waals surface area contributed by atoms with Crippen molar-refractivity contribution >= 4 is 11.8 Å². The van der Waals surface area contributed by atoms with E-state index in [2.05, 4.69) is 39.7 Å². The van der Waals surface area contributed by atoms with Crippen LogP contribution < -0.4 is 15.4 Å². The predicted molar refractivity (Wildman–Crippen MR) is 153 cm³/mol.